The van der Waals surface area contributed by atoms with E-state index in [1.165, 1.54) is 0 Å². The average Bonchev–Trinajstić information content (AvgIpc) is 2.51. The maximum absolute atomic E-state index is 13.2. The molecule has 2 rings (SSSR count). The van der Waals surface area contributed by atoms with Crippen LogP contribution in [-0.4, -0.2) is 11.1 Å². The van der Waals surface area contributed by atoms with E-state index in [0.29, 0.717) is 4.01 Å². The van der Waals surface area contributed by atoms with E-state index in [1.54, 1.807) is 0 Å². The van der Waals surface area contributed by atoms with E-state index in [1.807, 2.05) is 0 Å². The first-order chi connectivity index (χ1) is 6.09. The van der Waals surface area contributed by atoms with Crippen LogP contribution < -0.4 is 0 Å². The molecular weight excluding hydrogens is 218 g/mol. The Bertz CT molecular complexity index is 486. The third-order valence-electron chi connectivity index (χ3n) is 1.49. The van der Waals surface area contributed by atoms with Crippen molar-refractivity contribution in [2.24, 2.45) is 0 Å². The fourth-order valence-corrected chi connectivity index (χ4v) is 2.97. The topological polar surface area (TPSA) is 37.3 Å². The number of carboxylic acid groups (broad SMARTS) is 1. The summed E-state index contributed by atoms with van der Waals surface area (Å²) >= 11 is 1.51. The number of rotatable bonds is 1. The molecule has 0 saturated heterocycles. The molecule has 0 unspecified atom stereocenters. The van der Waals surface area contributed by atoms with Gasteiger partial charge in [-0.1, -0.05) is 11.3 Å². The van der Waals surface area contributed by atoms with Gasteiger partial charge in [0.15, 0.2) is 10.9 Å². The molecule has 13 heavy (non-hydrogen) atoms. The van der Waals surface area contributed by atoms with Crippen LogP contribution in [-0.2, 0) is 0 Å². The Morgan fingerprint density at radius 2 is 2.08 bits per heavy atom. The Balaban J connectivity index is 2.76. The molecule has 0 amide bonds. The minimum Gasteiger partial charge on any atom is -0.477 e. The second-order valence-corrected chi connectivity index (χ2v) is 4.58. The van der Waals surface area contributed by atoms with E-state index in [2.05, 4.69) is 0 Å². The van der Waals surface area contributed by atoms with Crippen molar-refractivity contribution in [3.8, 4) is 0 Å². The summed E-state index contributed by atoms with van der Waals surface area (Å²) in [6.45, 7) is 0. The van der Waals surface area contributed by atoms with Crippen molar-refractivity contribution < 1.29 is 18.7 Å². The molecule has 0 aliphatic heterocycles. The van der Waals surface area contributed by atoms with Crippen molar-refractivity contribution in [2.75, 3.05) is 0 Å². The largest absolute Gasteiger partial charge is 0.477 e. The lowest BCUT2D eigenvalue weighted by Crippen LogP contribution is -1.94. The maximum Gasteiger partial charge on any atom is 0.348 e. The summed E-state index contributed by atoms with van der Waals surface area (Å²) in [4.78, 5) is 10.1. The van der Waals surface area contributed by atoms with Crippen LogP contribution in [0.3, 0.4) is 0 Å². The predicted molar refractivity (Wildman–Crippen MR) is 46.6 cm³/mol. The van der Waals surface area contributed by atoms with E-state index in [0.717, 1.165) is 28.7 Å². The van der Waals surface area contributed by atoms with Gasteiger partial charge in [-0.05, 0) is 6.07 Å². The van der Waals surface area contributed by atoms with E-state index in [-0.39, 0.29) is 10.3 Å². The highest BCUT2D eigenvalue weighted by molar-refractivity contribution is 7.38. The van der Waals surface area contributed by atoms with Gasteiger partial charge in [0.2, 0.25) is 0 Å². The lowest BCUT2D eigenvalue weighted by molar-refractivity contribution is 0.0698. The zero-order chi connectivity index (χ0) is 9.59. The molecule has 2 aromatic heterocycles. The second-order valence-electron chi connectivity index (χ2n) is 2.30. The first kappa shape index (κ1) is 8.58. The predicted octanol–water partition coefficient (Wildman–Crippen LogP) is 2.94. The third-order valence-corrected chi connectivity index (χ3v) is 3.67. The Hall–Kier alpha value is -1.01. The van der Waals surface area contributed by atoms with Crippen LogP contribution in [0.15, 0.2) is 6.07 Å². The number of thiophene rings is 2. The van der Waals surface area contributed by atoms with Crippen molar-refractivity contribution >= 4 is 38.0 Å². The zero-order valence-electron chi connectivity index (χ0n) is 6.01. The lowest BCUT2D eigenvalue weighted by atomic mass is 10.3. The monoisotopic (exact) mass is 220 g/mol. The molecule has 0 radical (unpaired) electrons. The molecule has 0 atom stereocenters. The molecule has 2 aromatic rings. The van der Waals surface area contributed by atoms with Crippen LogP contribution in [0.25, 0.3) is 9.40 Å². The molecule has 0 aromatic carbocycles. The fourth-order valence-electron chi connectivity index (χ4n) is 0.972. The Morgan fingerprint density at radius 3 is 2.62 bits per heavy atom. The van der Waals surface area contributed by atoms with E-state index < -0.39 is 16.9 Å². The van der Waals surface area contributed by atoms with Crippen LogP contribution in [0.5, 0.6) is 0 Å². The number of hydrogen-bond donors (Lipinski definition) is 1. The summed E-state index contributed by atoms with van der Waals surface area (Å²) in [5.74, 6) is -2.15. The highest BCUT2D eigenvalue weighted by Crippen LogP contribution is 2.35. The lowest BCUT2D eigenvalue weighted by Gasteiger charge is -1.85. The van der Waals surface area contributed by atoms with Crippen molar-refractivity contribution in [2.45, 2.75) is 0 Å². The quantitative estimate of drug-likeness (QED) is 0.802. The van der Waals surface area contributed by atoms with Gasteiger partial charge in [-0.2, -0.15) is 4.39 Å². The first-order valence-electron chi connectivity index (χ1n) is 3.20. The Labute approximate surface area is 79.0 Å². The second kappa shape index (κ2) is 2.74. The number of hydrogen-bond acceptors (Lipinski definition) is 3. The van der Waals surface area contributed by atoms with E-state index in [4.69, 9.17) is 5.11 Å². The summed E-state index contributed by atoms with van der Waals surface area (Å²) in [5, 5.41) is 8.09. The molecule has 0 saturated carbocycles. The molecule has 0 bridgehead atoms. The summed E-state index contributed by atoms with van der Waals surface area (Å²) in [6.07, 6.45) is 0. The van der Waals surface area contributed by atoms with Crippen LogP contribution in [0.1, 0.15) is 9.67 Å². The molecule has 0 fully saturated rings. The molecule has 0 aliphatic rings. The van der Waals surface area contributed by atoms with Gasteiger partial charge < -0.3 is 5.11 Å². The number of fused-ring (bicyclic) bond motifs is 1. The number of carbonyl (C=O) groups is 1. The molecule has 6 heteroatoms. The van der Waals surface area contributed by atoms with Gasteiger partial charge >= 0.3 is 5.97 Å². The number of halogens is 2. The molecule has 1 N–H and O–H groups in total. The fraction of sp³-hybridized carbons (Fsp3) is 0. The van der Waals surface area contributed by atoms with E-state index in [9.17, 15) is 13.6 Å². The summed E-state index contributed by atoms with van der Waals surface area (Å²) in [5.41, 5.74) is 0. The number of carboxylic acids is 1. The molecule has 0 aliphatic carbocycles. The van der Waals surface area contributed by atoms with Crippen LogP contribution >= 0.6 is 22.7 Å². The van der Waals surface area contributed by atoms with E-state index >= 15 is 0 Å². The summed E-state index contributed by atoms with van der Waals surface area (Å²) < 4.78 is 26.1. The molecule has 2 nitrogen and oxygen atoms in total. The van der Waals surface area contributed by atoms with Crippen LogP contribution in [0.2, 0.25) is 0 Å². The number of aromatic carboxylic acids is 1. The standard InChI is InChI=1S/C7H2F2O2S2/c8-3-1-2-4(9)5(6(10)11)13-7(2)12-3/h1H,(H,10,11). The summed E-state index contributed by atoms with van der Waals surface area (Å²) in [7, 11) is 0. The van der Waals surface area contributed by atoms with Crippen molar-refractivity contribution in [3.05, 3.63) is 21.9 Å². The van der Waals surface area contributed by atoms with Gasteiger partial charge in [-0.15, -0.1) is 11.3 Å². The highest BCUT2D eigenvalue weighted by atomic mass is 32.2. The highest BCUT2D eigenvalue weighted by Gasteiger charge is 2.19. The zero-order valence-corrected chi connectivity index (χ0v) is 7.64. The molecule has 68 valence electrons. The van der Waals surface area contributed by atoms with Gasteiger partial charge in [0.05, 0.1) is 4.01 Å². The minimum absolute atomic E-state index is 0.0601. The molecular formula is C7H2F2O2S2. The minimum atomic E-state index is -1.31. The Morgan fingerprint density at radius 1 is 1.38 bits per heavy atom. The van der Waals surface area contributed by atoms with Crippen LogP contribution in [0.4, 0.5) is 8.78 Å². The van der Waals surface area contributed by atoms with Crippen LogP contribution in [0, 0.1) is 10.9 Å². The SMILES string of the molecule is O=C(O)c1sc2sc(F)cc2c1F. The average molecular weight is 220 g/mol. The van der Waals surface area contributed by atoms with Gasteiger partial charge in [0.1, 0.15) is 4.88 Å². The first-order valence-corrected chi connectivity index (χ1v) is 4.83. The Kier molecular flexibility index (Phi) is 1.81. The van der Waals surface area contributed by atoms with Gasteiger partial charge in [0.25, 0.3) is 0 Å². The summed E-state index contributed by atoms with van der Waals surface area (Å²) in [6, 6.07) is 1.01. The van der Waals surface area contributed by atoms with Crippen molar-refractivity contribution in [1.82, 2.24) is 0 Å². The van der Waals surface area contributed by atoms with Gasteiger partial charge in [-0.25, -0.2) is 9.18 Å². The molecule has 2 heterocycles. The third kappa shape index (κ3) is 1.22. The normalized spacial score (nSPS) is 10.9. The maximum atomic E-state index is 13.2. The smallest absolute Gasteiger partial charge is 0.348 e. The molecule has 0 spiro atoms. The van der Waals surface area contributed by atoms with Crippen molar-refractivity contribution in [1.29, 1.82) is 0 Å². The van der Waals surface area contributed by atoms with Crippen molar-refractivity contribution in [3.63, 3.8) is 0 Å². The van der Waals surface area contributed by atoms with Gasteiger partial charge in [0, 0.05) is 5.39 Å². The van der Waals surface area contributed by atoms with Gasteiger partial charge in [-0.3, -0.25) is 0 Å².